The maximum absolute atomic E-state index is 13.2. The van der Waals surface area contributed by atoms with Crippen LogP contribution in [-0.2, 0) is 19.6 Å². The molecule has 2 N–H and O–H groups in total. The summed E-state index contributed by atoms with van der Waals surface area (Å²) in [5.41, 5.74) is 2.68. The fraction of sp³-hybridized carbons (Fsp3) is 0.409. The van der Waals surface area contributed by atoms with Gasteiger partial charge in [0, 0.05) is 22.6 Å². The summed E-state index contributed by atoms with van der Waals surface area (Å²) in [6, 6.07) is 13.4. The summed E-state index contributed by atoms with van der Waals surface area (Å²) in [7, 11) is -1.94. The molecule has 2 aromatic rings. The third kappa shape index (κ3) is 6.64. The Balaban J connectivity index is 0.00000113. The van der Waals surface area contributed by atoms with E-state index in [1.54, 1.807) is 13.1 Å². The molecule has 0 fully saturated rings. The summed E-state index contributed by atoms with van der Waals surface area (Å²) >= 11 is 3.44. The number of benzene rings is 2. The van der Waals surface area contributed by atoms with Crippen LogP contribution < -0.4 is 22.0 Å². The number of sulfonamides is 1. The second kappa shape index (κ2) is 13.0. The van der Waals surface area contributed by atoms with Crippen molar-refractivity contribution in [1.82, 2.24) is 0 Å². The Morgan fingerprint density at radius 1 is 1.03 bits per heavy atom. The number of rotatable bonds is 7. The normalized spacial score (nSPS) is 15.8. The summed E-state index contributed by atoms with van der Waals surface area (Å²) in [5.74, 6) is 0. The minimum absolute atomic E-state index is 0. The van der Waals surface area contributed by atoms with E-state index in [1.165, 1.54) is 30.0 Å². The molecule has 2 aromatic carbocycles. The monoisotopic (exact) mass is 530 g/mol. The second-order valence-electron chi connectivity index (χ2n) is 7.21. The van der Waals surface area contributed by atoms with Crippen molar-refractivity contribution in [3.63, 3.8) is 0 Å². The fourth-order valence-corrected chi connectivity index (χ4v) is 5.76. The first kappa shape index (κ1) is 27.3. The Hall–Kier alpha value is -1.70. The van der Waals surface area contributed by atoms with E-state index in [1.807, 2.05) is 30.3 Å². The van der Waals surface area contributed by atoms with Crippen LogP contribution in [0.3, 0.4) is 0 Å². The molecule has 0 radical (unpaired) electrons. The van der Waals surface area contributed by atoms with Gasteiger partial charge in [0.1, 0.15) is 6.04 Å². The van der Waals surface area contributed by atoms with Crippen LogP contribution in [0.5, 0.6) is 0 Å². The van der Waals surface area contributed by atoms with Crippen molar-refractivity contribution < 1.29 is 35.7 Å². The zero-order valence-electron chi connectivity index (χ0n) is 17.7. The Morgan fingerprint density at radius 3 is 2.35 bits per heavy atom. The van der Waals surface area contributed by atoms with E-state index in [0.29, 0.717) is 4.90 Å². The van der Waals surface area contributed by atoms with Crippen molar-refractivity contribution >= 4 is 37.8 Å². The van der Waals surface area contributed by atoms with E-state index in [9.17, 15) is 8.42 Å². The number of para-hydroxylation sites is 1. The molecule has 0 saturated carbocycles. The molecule has 0 aromatic heterocycles. The molecule has 0 aliphatic carbocycles. The van der Waals surface area contributed by atoms with E-state index >= 15 is 0 Å². The molecule has 31 heavy (non-hydrogen) atoms. The van der Waals surface area contributed by atoms with Gasteiger partial charge in [0.15, 0.2) is 0 Å². The van der Waals surface area contributed by atoms with Gasteiger partial charge in [0.25, 0.3) is 10.0 Å². The number of halogens is 2. The lowest BCUT2D eigenvalue weighted by Crippen LogP contribution is -3.00. The average Bonchev–Trinajstić information content (AvgIpc) is 2.79. The third-order valence-electron chi connectivity index (χ3n) is 5.27. The van der Waals surface area contributed by atoms with Crippen molar-refractivity contribution in [3.05, 3.63) is 58.1 Å². The topological polar surface area (TPSA) is 88.1 Å². The number of hydrogen-bond donors (Lipinski definition) is 1. The molecule has 170 valence electrons. The number of anilines is 1. The predicted octanol–water partition coefficient (Wildman–Crippen LogP) is 0.631. The average molecular weight is 532 g/mol. The highest BCUT2D eigenvalue weighted by Crippen LogP contribution is 2.39. The van der Waals surface area contributed by atoms with E-state index in [2.05, 4.69) is 34.2 Å². The highest BCUT2D eigenvalue weighted by molar-refractivity contribution is 9.10. The molecule has 1 heterocycles. The minimum Gasteiger partial charge on any atom is -1.00 e. The van der Waals surface area contributed by atoms with Crippen LogP contribution >= 0.6 is 15.9 Å². The maximum atomic E-state index is 13.2. The Kier molecular flexibility index (Phi) is 11.5. The summed E-state index contributed by atoms with van der Waals surface area (Å²) in [4.78, 5) is 16.6. The molecule has 1 atom stereocenters. The van der Waals surface area contributed by atoms with Crippen LogP contribution in [0.1, 0.15) is 56.2 Å². The number of quaternary nitrogens is 1. The zero-order chi connectivity index (χ0) is 22.1. The molecule has 1 unspecified atom stereocenters. The largest absolute Gasteiger partial charge is 1.00 e. The van der Waals surface area contributed by atoms with Crippen molar-refractivity contribution in [1.29, 1.82) is 0 Å². The van der Waals surface area contributed by atoms with E-state index in [0.717, 1.165) is 34.3 Å². The van der Waals surface area contributed by atoms with Crippen LogP contribution in [-0.4, -0.2) is 28.2 Å². The van der Waals surface area contributed by atoms with E-state index in [4.69, 9.17) is 9.59 Å². The first-order valence-corrected chi connectivity index (χ1v) is 12.3. The molecule has 6 nitrogen and oxygen atoms in total. The zero-order valence-corrected chi connectivity index (χ0v) is 20.8. The number of fused-ring (bicyclic) bond motifs is 2. The SMILES string of the molecule is CCCCCCC[NH2+]C1c2ccccc2N(C)S(=O)(=O)c2cc(Br)ccc21.O=C=O.[Cl-]. The van der Waals surface area contributed by atoms with Crippen molar-refractivity contribution in [2.75, 3.05) is 17.9 Å². The molecule has 0 spiro atoms. The van der Waals surface area contributed by atoms with Gasteiger partial charge < -0.3 is 17.7 Å². The standard InChI is InChI=1S/C21H27BrN2O2S.CO2.ClH/c1-3-4-5-6-9-14-23-21-17-10-7-8-11-19(17)24(2)27(25,26)20-15-16(22)12-13-18(20)21;2-1-3;/h7-8,10-13,15,21,23H,3-6,9,14H2,1-2H3;;1H. The quantitative estimate of drug-likeness (QED) is 0.531. The number of unbranched alkanes of at least 4 members (excludes halogenated alkanes) is 4. The van der Waals surface area contributed by atoms with Gasteiger partial charge in [0.2, 0.25) is 0 Å². The predicted molar refractivity (Wildman–Crippen MR) is 119 cm³/mol. The highest BCUT2D eigenvalue weighted by atomic mass is 79.9. The molecule has 0 amide bonds. The van der Waals surface area contributed by atoms with Gasteiger partial charge in [-0.05, 0) is 31.0 Å². The third-order valence-corrected chi connectivity index (χ3v) is 7.59. The van der Waals surface area contributed by atoms with Gasteiger partial charge in [-0.3, -0.25) is 4.31 Å². The minimum atomic E-state index is -3.59. The smallest absolute Gasteiger partial charge is 0.373 e. The fourth-order valence-electron chi connectivity index (χ4n) is 3.76. The molecular weight excluding hydrogens is 504 g/mol. The lowest BCUT2D eigenvalue weighted by atomic mass is 9.96. The molecule has 3 rings (SSSR count). The van der Waals surface area contributed by atoms with Crippen LogP contribution in [0, 0.1) is 0 Å². The van der Waals surface area contributed by atoms with Crippen LogP contribution in [0.25, 0.3) is 0 Å². The molecule has 0 saturated heterocycles. The molecular formula is C22H28BrClN2O4S. The van der Waals surface area contributed by atoms with Gasteiger partial charge >= 0.3 is 6.15 Å². The second-order valence-corrected chi connectivity index (χ2v) is 10.1. The Labute approximate surface area is 199 Å². The van der Waals surface area contributed by atoms with Gasteiger partial charge in [-0.1, -0.05) is 66.4 Å². The van der Waals surface area contributed by atoms with E-state index < -0.39 is 10.0 Å². The lowest BCUT2D eigenvalue weighted by Gasteiger charge is -2.20. The van der Waals surface area contributed by atoms with Crippen LogP contribution in [0.4, 0.5) is 5.69 Å². The maximum Gasteiger partial charge on any atom is 0.373 e. The van der Waals surface area contributed by atoms with E-state index in [-0.39, 0.29) is 24.6 Å². The van der Waals surface area contributed by atoms with Crippen molar-refractivity contribution in [3.8, 4) is 0 Å². The number of nitrogens with two attached hydrogens (primary N) is 1. The first-order valence-electron chi connectivity index (χ1n) is 10.1. The summed E-state index contributed by atoms with van der Waals surface area (Å²) in [6.07, 6.45) is 6.42. The van der Waals surface area contributed by atoms with Gasteiger partial charge in [-0.15, -0.1) is 0 Å². The number of carbonyl (C=O) groups excluding carboxylic acids is 2. The number of hydrogen-bond acceptors (Lipinski definition) is 4. The summed E-state index contributed by atoms with van der Waals surface area (Å²) in [6.45, 7) is 3.21. The van der Waals surface area contributed by atoms with Gasteiger partial charge in [-0.2, -0.15) is 9.59 Å². The molecule has 1 aliphatic heterocycles. The number of nitrogens with zero attached hydrogens (tertiary/aromatic N) is 1. The highest BCUT2D eigenvalue weighted by Gasteiger charge is 2.36. The molecule has 9 heteroatoms. The summed E-state index contributed by atoms with van der Waals surface area (Å²) < 4.78 is 28.6. The Bertz CT molecular complexity index is 995. The lowest BCUT2D eigenvalue weighted by molar-refractivity contribution is -0.687. The van der Waals surface area contributed by atoms with Crippen LogP contribution in [0.15, 0.2) is 51.8 Å². The van der Waals surface area contributed by atoms with Gasteiger partial charge in [0.05, 0.1) is 17.1 Å². The van der Waals surface area contributed by atoms with Crippen molar-refractivity contribution in [2.24, 2.45) is 0 Å². The summed E-state index contributed by atoms with van der Waals surface area (Å²) in [5, 5.41) is 2.30. The molecule has 1 aliphatic rings. The van der Waals surface area contributed by atoms with Crippen LogP contribution in [0.2, 0.25) is 0 Å². The van der Waals surface area contributed by atoms with Gasteiger partial charge in [-0.25, -0.2) is 8.42 Å². The Morgan fingerprint density at radius 2 is 1.68 bits per heavy atom. The molecule has 0 bridgehead atoms. The first-order chi connectivity index (χ1) is 14.4. The van der Waals surface area contributed by atoms with Crippen molar-refractivity contribution in [2.45, 2.75) is 50.0 Å².